The zero-order chi connectivity index (χ0) is 17.1. The first-order valence-electron chi connectivity index (χ1n) is 9.84. The van der Waals surface area contributed by atoms with Gasteiger partial charge in [-0.15, -0.1) is 0 Å². The van der Waals surface area contributed by atoms with E-state index in [9.17, 15) is 0 Å². The summed E-state index contributed by atoms with van der Waals surface area (Å²) in [5, 5.41) is 0. The molecule has 128 valence electrons. The predicted molar refractivity (Wildman–Crippen MR) is 107 cm³/mol. The van der Waals surface area contributed by atoms with Crippen LogP contribution in [0.1, 0.15) is 44.1 Å². The molecule has 0 saturated carbocycles. The third-order valence-electron chi connectivity index (χ3n) is 6.10. The molecule has 0 heterocycles. The summed E-state index contributed by atoms with van der Waals surface area (Å²) in [6.45, 7) is 2.35. The van der Waals surface area contributed by atoms with Crippen molar-refractivity contribution in [3.63, 3.8) is 0 Å². The minimum atomic E-state index is 0.568. The van der Waals surface area contributed by atoms with Crippen molar-refractivity contribution in [1.29, 1.82) is 0 Å². The number of hydrogen-bond donors (Lipinski definition) is 0. The molecule has 0 spiro atoms. The Kier molecular flexibility index (Phi) is 4.88. The Bertz CT molecular complexity index is 742. The van der Waals surface area contributed by atoms with Gasteiger partial charge in [-0.25, -0.2) is 0 Å². The van der Waals surface area contributed by atoms with Gasteiger partial charge in [0.25, 0.3) is 0 Å². The van der Waals surface area contributed by atoms with Crippen LogP contribution in [0.2, 0.25) is 0 Å². The Morgan fingerprint density at radius 1 is 1.00 bits per heavy atom. The van der Waals surface area contributed by atoms with Crippen molar-refractivity contribution >= 4 is 0 Å². The van der Waals surface area contributed by atoms with Crippen molar-refractivity contribution in [2.24, 2.45) is 17.8 Å². The minimum absolute atomic E-state index is 0.568. The Hall–Kier alpha value is -2.08. The van der Waals surface area contributed by atoms with Gasteiger partial charge in [0.15, 0.2) is 0 Å². The fourth-order valence-corrected chi connectivity index (χ4v) is 4.90. The number of benzene rings is 1. The molecular formula is C25H28. The summed E-state index contributed by atoms with van der Waals surface area (Å²) in [6.07, 6.45) is 23.6. The van der Waals surface area contributed by atoms with Gasteiger partial charge in [0.2, 0.25) is 0 Å². The average Bonchev–Trinajstić information content (AvgIpc) is 3.10. The first-order chi connectivity index (χ1) is 12.4. The second-order valence-corrected chi connectivity index (χ2v) is 7.52. The standard InChI is InChI=1S/C25H28/c1-2-19-18-23(20-12-6-3-7-13-20)25(22-16-10-5-11-17-22)24(19)21-14-8-4-9-15-21/h3-10,12,14-16,18-20,24-25H,2,11,13,17H2,1H3. The lowest BCUT2D eigenvalue weighted by Gasteiger charge is -2.32. The van der Waals surface area contributed by atoms with E-state index in [4.69, 9.17) is 0 Å². The Balaban J connectivity index is 1.76. The van der Waals surface area contributed by atoms with E-state index < -0.39 is 0 Å². The molecule has 3 aliphatic rings. The highest BCUT2D eigenvalue weighted by molar-refractivity contribution is 5.42. The maximum absolute atomic E-state index is 2.63. The zero-order valence-electron chi connectivity index (χ0n) is 15.1. The fourth-order valence-electron chi connectivity index (χ4n) is 4.90. The van der Waals surface area contributed by atoms with Crippen molar-refractivity contribution in [2.45, 2.75) is 38.5 Å². The average molecular weight is 328 g/mol. The lowest BCUT2D eigenvalue weighted by Crippen LogP contribution is -2.21. The fraction of sp³-hybridized carbons (Fsp3) is 0.360. The minimum Gasteiger partial charge on any atom is -0.0842 e. The first-order valence-corrected chi connectivity index (χ1v) is 9.84. The summed E-state index contributed by atoms with van der Waals surface area (Å²) >= 11 is 0. The summed E-state index contributed by atoms with van der Waals surface area (Å²) in [6, 6.07) is 11.2. The van der Waals surface area contributed by atoms with Gasteiger partial charge >= 0.3 is 0 Å². The third kappa shape index (κ3) is 3.23. The van der Waals surface area contributed by atoms with Crippen LogP contribution in [0.5, 0.6) is 0 Å². The predicted octanol–water partition coefficient (Wildman–Crippen LogP) is 6.76. The van der Waals surface area contributed by atoms with Gasteiger partial charge in [0.1, 0.15) is 0 Å². The van der Waals surface area contributed by atoms with Crippen LogP contribution < -0.4 is 0 Å². The van der Waals surface area contributed by atoms with Crippen LogP contribution in [-0.2, 0) is 0 Å². The molecule has 0 amide bonds. The normalized spacial score (nSPS) is 31.1. The van der Waals surface area contributed by atoms with Gasteiger partial charge in [-0.3, -0.25) is 0 Å². The van der Waals surface area contributed by atoms with Crippen LogP contribution in [0.15, 0.2) is 90.1 Å². The molecule has 0 radical (unpaired) electrons. The second-order valence-electron chi connectivity index (χ2n) is 7.52. The van der Waals surface area contributed by atoms with Crippen molar-refractivity contribution in [3.05, 3.63) is 95.6 Å². The van der Waals surface area contributed by atoms with Crippen LogP contribution in [-0.4, -0.2) is 0 Å². The molecule has 0 bridgehead atoms. The lowest BCUT2D eigenvalue weighted by atomic mass is 9.72. The van der Waals surface area contributed by atoms with Crippen molar-refractivity contribution in [2.75, 3.05) is 0 Å². The Morgan fingerprint density at radius 3 is 2.56 bits per heavy atom. The summed E-state index contributed by atoms with van der Waals surface area (Å²) in [7, 11) is 0. The van der Waals surface area contributed by atoms with Gasteiger partial charge in [-0.2, -0.15) is 0 Å². The zero-order valence-corrected chi connectivity index (χ0v) is 15.1. The number of allylic oxidation sites excluding steroid dienone is 10. The molecule has 4 unspecified atom stereocenters. The van der Waals surface area contributed by atoms with Crippen LogP contribution in [0.25, 0.3) is 0 Å². The summed E-state index contributed by atoms with van der Waals surface area (Å²) in [4.78, 5) is 0. The molecule has 1 aromatic carbocycles. The quantitative estimate of drug-likeness (QED) is 0.535. The topological polar surface area (TPSA) is 0 Å². The number of rotatable bonds is 4. The molecule has 0 N–H and O–H groups in total. The first kappa shape index (κ1) is 16.4. The third-order valence-corrected chi connectivity index (χ3v) is 6.10. The molecule has 0 fully saturated rings. The maximum Gasteiger partial charge on any atom is 0.00907 e. The maximum atomic E-state index is 2.63. The van der Waals surface area contributed by atoms with E-state index >= 15 is 0 Å². The highest BCUT2D eigenvalue weighted by Crippen LogP contribution is 2.52. The molecule has 4 atom stereocenters. The van der Waals surface area contributed by atoms with Crippen molar-refractivity contribution in [3.8, 4) is 0 Å². The van der Waals surface area contributed by atoms with Gasteiger partial charge in [-0.05, 0) is 37.2 Å². The van der Waals surface area contributed by atoms with E-state index in [1.54, 1.807) is 11.1 Å². The van der Waals surface area contributed by atoms with Crippen molar-refractivity contribution < 1.29 is 0 Å². The molecule has 4 rings (SSSR count). The van der Waals surface area contributed by atoms with E-state index in [0.717, 1.165) is 6.42 Å². The molecule has 0 saturated heterocycles. The molecule has 1 aromatic rings. The molecule has 0 heteroatoms. The van der Waals surface area contributed by atoms with E-state index in [1.807, 2.05) is 0 Å². The van der Waals surface area contributed by atoms with Crippen LogP contribution in [0, 0.1) is 17.8 Å². The Labute approximate surface area is 152 Å². The summed E-state index contributed by atoms with van der Waals surface area (Å²) in [5.41, 5.74) is 4.82. The van der Waals surface area contributed by atoms with Crippen LogP contribution in [0.4, 0.5) is 0 Å². The molecule has 3 aliphatic carbocycles. The van der Waals surface area contributed by atoms with E-state index in [-0.39, 0.29) is 0 Å². The monoisotopic (exact) mass is 328 g/mol. The largest absolute Gasteiger partial charge is 0.0842 e. The van der Waals surface area contributed by atoms with Crippen LogP contribution in [0.3, 0.4) is 0 Å². The van der Waals surface area contributed by atoms with Gasteiger partial charge in [0, 0.05) is 17.8 Å². The summed E-state index contributed by atoms with van der Waals surface area (Å²) in [5.74, 6) is 2.38. The van der Waals surface area contributed by atoms with Gasteiger partial charge in [0.05, 0.1) is 0 Å². The van der Waals surface area contributed by atoms with Crippen LogP contribution >= 0.6 is 0 Å². The SMILES string of the molecule is CCC1C=C(C2C=CC=CC2)C(C2=CC=CCC2)C1c1ccccc1. The summed E-state index contributed by atoms with van der Waals surface area (Å²) < 4.78 is 0. The highest BCUT2D eigenvalue weighted by Gasteiger charge is 2.40. The van der Waals surface area contributed by atoms with E-state index in [0.29, 0.717) is 23.7 Å². The lowest BCUT2D eigenvalue weighted by molar-refractivity contribution is 0.438. The molecule has 0 aliphatic heterocycles. The molecule has 0 aromatic heterocycles. The Morgan fingerprint density at radius 2 is 1.88 bits per heavy atom. The van der Waals surface area contributed by atoms with Crippen molar-refractivity contribution in [1.82, 2.24) is 0 Å². The smallest absolute Gasteiger partial charge is 0.00907 e. The van der Waals surface area contributed by atoms with Gasteiger partial charge in [-0.1, -0.05) is 97.0 Å². The number of hydrogen-bond acceptors (Lipinski definition) is 0. The van der Waals surface area contributed by atoms with E-state index in [2.05, 4.69) is 85.9 Å². The molecular weight excluding hydrogens is 300 g/mol. The highest BCUT2D eigenvalue weighted by atomic mass is 14.4. The molecule has 0 nitrogen and oxygen atoms in total. The van der Waals surface area contributed by atoms with Gasteiger partial charge < -0.3 is 0 Å². The van der Waals surface area contributed by atoms with E-state index in [1.165, 1.54) is 24.8 Å². The second kappa shape index (κ2) is 7.44. The molecule has 25 heavy (non-hydrogen) atoms.